The molecule has 1 unspecified atom stereocenters. The number of benzene rings is 1. The lowest BCUT2D eigenvalue weighted by atomic mass is 9.76. The topological polar surface area (TPSA) is 76.9 Å². The second-order valence-corrected chi connectivity index (χ2v) is 8.73. The van der Waals surface area contributed by atoms with Crippen molar-refractivity contribution in [2.45, 2.75) is 31.5 Å². The summed E-state index contributed by atoms with van der Waals surface area (Å²) in [6.45, 7) is 1.32. The van der Waals surface area contributed by atoms with Crippen molar-refractivity contribution in [2.24, 2.45) is 5.41 Å². The van der Waals surface area contributed by atoms with Crippen LogP contribution in [0.15, 0.2) is 18.2 Å². The van der Waals surface area contributed by atoms with Gasteiger partial charge < -0.3 is 19.4 Å². The number of rotatable bonds is 4. The van der Waals surface area contributed by atoms with Crippen LogP contribution in [-0.4, -0.2) is 75.1 Å². The first kappa shape index (κ1) is 23.9. The molecular weight excluding hydrogens is 425 g/mol. The Hall–Kier alpha value is -2.80. The van der Waals surface area contributed by atoms with E-state index in [1.165, 1.54) is 24.1 Å². The Morgan fingerprint density at radius 1 is 1.28 bits per heavy atom. The van der Waals surface area contributed by atoms with E-state index < -0.39 is 23.3 Å². The van der Waals surface area contributed by atoms with E-state index in [4.69, 9.17) is 10.00 Å². The number of piperidine rings is 1. The van der Waals surface area contributed by atoms with Gasteiger partial charge in [0.2, 0.25) is 11.8 Å². The van der Waals surface area contributed by atoms with Crippen molar-refractivity contribution in [1.82, 2.24) is 9.80 Å². The fourth-order valence-electron chi connectivity index (χ4n) is 4.71. The number of anilines is 1. The SMILES string of the molecule is COCC(=O)N1CC2(CCN(c3ccc(C#N)c(C(F)(F)F)c3)CC2)CC1C(=O)N(C)C. The number of alkyl halides is 3. The van der Waals surface area contributed by atoms with Crippen molar-refractivity contribution in [2.75, 3.05) is 52.3 Å². The number of halogens is 3. The summed E-state index contributed by atoms with van der Waals surface area (Å²) in [5.41, 5.74) is -1.19. The number of ether oxygens (including phenoxy) is 1. The molecule has 2 fully saturated rings. The highest BCUT2D eigenvalue weighted by atomic mass is 19.4. The van der Waals surface area contributed by atoms with E-state index in [0.29, 0.717) is 44.6 Å². The summed E-state index contributed by atoms with van der Waals surface area (Å²) in [6.07, 6.45) is -2.80. The number of nitrogens with zero attached hydrogens (tertiary/aromatic N) is 4. The van der Waals surface area contributed by atoms with Gasteiger partial charge in [-0.1, -0.05) is 0 Å². The van der Waals surface area contributed by atoms with Crippen molar-refractivity contribution in [3.63, 3.8) is 0 Å². The molecule has 2 heterocycles. The molecule has 2 aliphatic rings. The minimum absolute atomic E-state index is 0.106. The van der Waals surface area contributed by atoms with Crippen LogP contribution in [0.4, 0.5) is 18.9 Å². The van der Waals surface area contributed by atoms with Gasteiger partial charge in [-0.3, -0.25) is 9.59 Å². The normalized spacial score (nSPS) is 20.3. The molecule has 0 bridgehead atoms. The van der Waals surface area contributed by atoms with Crippen LogP contribution < -0.4 is 4.90 Å². The summed E-state index contributed by atoms with van der Waals surface area (Å²) in [6, 6.07) is 4.80. The zero-order valence-corrected chi connectivity index (χ0v) is 18.4. The lowest BCUT2D eigenvalue weighted by molar-refractivity contribution is -0.144. The molecule has 1 atom stereocenters. The maximum Gasteiger partial charge on any atom is 0.417 e. The number of likely N-dealkylation sites (tertiary alicyclic amines) is 1. The van der Waals surface area contributed by atoms with Crippen LogP contribution in [0.3, 0.4) is 0 Å². The van der Waals surface area contributed by atoms with Gasteiger partial charge in [0.15, 0.2) is 0 Å². The molecule has 0 saturated carbocycles. The summed E-state index contributed by atoms with van der Waals surface area (Å²) < 4.78 is 45.0. The van der Waals surface area contributed by atoms with Crippen LogP contribution in [-0.2, 0) is 20.5 Å². The molecule has 0 aliphatic carbocycles. The molecule has 7 nitrogen and oxygen atoms in total. The van der Waals surface area contributed by atoms with Gasteiger partial charge in [0.1, 0.15) is 12.6 Å². The van der Waals surface area contributed by atoms with Crippen molar-refractivity contribution >= 4 is 17.5 Å². The molecule has 2 saturated heterocycles. The number of hydrogen-bond donors (Lipinski definition) is 0. The van der Waals surface area contributed by atoms with E-state index in [9.17, 15) is 22.8 Å². The van der Waals surface area contributed by atoms with E-state index in [2.05, 4.69) is 0 Å². The number of carbonyl (C=O) groups is 2. The number of nitriles is 1. The number of methoxy groups -OCH3 is 1. The molecule has 174 valence electrons. The molecule has 3 rings (SSSR count). The Labute approximate surface area is 185 Å². The average molecular weight is 452 g/mol. The molecule has 10 heteroatoms. The third-order valence-corrected chi connectivity index (χ3v) is 6.44. The van der Waals surface area contributed by atoms with Gasteiger partial charge in [0, 0.05) is 46.5 Å². The van der Waals surface area contributed by atoms with Gasteiger partial charge in [-0.25, -0.2) is 0 Å². The highest BCUT2D eigenvalue weighted by molar-refractivity contribution is 5.88. The summed E-state index contributed by atoms with van der Waals surface area (Å²) in [5.74, 6) is -0.385. The van der Waals surface area contributed by atoms with Crippen LogP contribution >= 0.6 is 0 Å². The molecule has 2 amide bonds. The molecular formula is C22H27F3N4O3. The zero-order chi connectivity index (χ0) is 23.7. The lowest BCUT2D eigenvalue weighted by Gasteiger charge is -2.40. The van der Waals surface area contributed by atoms with Crippen LogP contribution in [0.1, 0.15) is 30.4 Å². The summed E-state index contributed by atoms with van der Waals surface area (Å²) >= 11 is 0. The molecule has 0 N–H and O–H groups in total. The monoisotopic (exact) mass is 452 g/mol. The third-order valence-electron chi connectivity index (χ3n) is 6.44. The van der Waals surface area contributed by atoms with Gasteiger partial charge in [-0.2, -0.15) is 18.4 Å². The highest BCUT2D eigenvalue weighted by Crippen LogP contribution is 2.45. The molecule has 0 radical (unpaired) electrons. The van der Waals surface area contributed by atoms with Gasteiger partial charge in [0.05, 0.1) is 17.2 Å². The van der Waals surface area contributed by atoms with Crippen LogP contribution in [0.25, 0.3) is 0 Å². The van der Waals surface area contributed by atoms with E-state index in [0.717, 1.165) is 6.07 Å². The Morgan fingerprint density at radius 2 is 1.94 bits per heavy atom. The van der Waals surface area contributed by atoms with Crippen LogP contribution in [0, 0.1) is 16.7 Å². The molecule has 32 heavy (non-hydrogen) atoms. The van der Waals surface area contributed by atoms with Gasteiger partial charge >= 0.3 is 6.18 Å². The van der Waals surface area contributed by atoms with E-state index >= 15 is 0 Å². The first-order valence-corrected chi connectivity index (χ1v) is 10.4. The van der Waals surface area contributed by atoms with Crippen molar-refractivity contribution in [1.29, 1.82) is 5.26 Å². The Kier molecular flexibility index (Phi) is 6.69. The van der Waals surface area contributed by atoms with Crippen molar-refractivity contribution in [3.8, 4) is 6.07 Å². The molecule has 1 aromatic rings. The van der Waals surface area contributed by atoms with Gasteiger partial charge in [-0.05, 0) is 42.9 Å². The minimum atomic E-state index is -4.61. The third kappa shape index (κ3) is 4.67. The highest BCUT2D eigenvalue weighted by Gasteiger charge is 2.50. The maximum atomic E-state index is 13.3. The summed E-state index contributed by atoms with van der Waals surface area (Å²) in [7, 11) is 4.73. The Balaban J connectivity index is 1.78. The standard InChI is InChI=1S/C22H27F3N4O3/c1-27(2)20(31)18-11-21(14-29(18)19(30)13-32-3)6-8-28(9-7-21)16-5-4-15(12-26)17(10-16)22(23,24)25/h4-5,10,18H,6-9,11,13-14H2,1-3H3. The second kappa shape index (κ2) is 8.98. The smallest absolute Gasteiger partial charge is 0.375 e. The Morgan fingerprint density at radius 3 is 2.47 bits per heavy atom. The molecule has 1 aromatic carbocycles. The van der Waals surface area contributed by atoms with Crippen molar-refractivity contribution < 1.29 is 27.5 Å². The lowest BCUT2D eigenvalue weighted by Crippen LogP contribution is -2.46. The molecule has 2 aliphatic heterocycles. The predicted molar refractivity (Wildman–Crippen MR) is 111 cm³/mol. The number of carbonyl (C=O) groups excluding carboxylic acids is 2. The predicted octanol–water partition coefficient (Wildman–Crippen LogP) is 2.50. The van der Waals surface area contributed by atoms with Crippen molar-refractivity contribution in [3.05, 3.63) is 29.3 Å². The van der Waals surface area contributed by atoms with Gasteiger partial charge in [0.25, 0.3) is 0 Å². The van der Waals surface area contributed by atoms with Gasteiger partial charge in [-0.15, -0.1) is 0 Å². The van der Waals surface area contributed by atoms with E-state index in [-0.39, 0.29) is 23.8 Å². The van der Waals surface area contributed by atoms with E-state index in [1.54, 1.807) is 25.1 Å². The second-order valence-electron chi connectivity index (χ2n) is 8.73. The fraction of sp³-hybridized carbons (Fsp3) is 0.591. The molecule has 0 aromatic heterocycles. The number of hydrogen-bond acceptors (Lipinski definition) is 5. The fourth-order valence-corrected chi connectivity index (χ4v) is 4.71. The average Bonchev–Trinajstić information content (AvgIpc) is 3.12. The minimum Gasteiger partial charge on any atom is -0.375 e. The quantitative estimate of drug-likeness (QED) is 0.702. The maximum absolute atomic E-state index is 13.3. The largest absolute Gasteiger partial charge is 0.417 e. The Bertz CT molecular complexity index is 918. The first-order valence-electron chi connectivity index (χ1n) is 10.4. The zero-order valence-electron chi connectivity index (χ0n) is 18.4. The van der Waals surface area contributed by atoms with E-state index in [1.807, 2.05) is 4.90 Å². The first-order chi connectivity index (χ1) is 15.0. The summed E-state index contributed by atoms with van der Waals surface area (Å²) in [5, 5.41) is 9.00. The number of amides is 2. The molecule has 1 spiro atoms. The summed E-state index contributed by atoms with van der Waals surface area (Å²) in [4.78, 5) is 30.2. The van der Waals surface area contributed by atoms with Crippen LogP contribution in [0.2, 0.25) is 0 Å². The van der Waals surface area contributed by atoms with Crippen LogP contribution in [0.5, 0.6) is 0 Å². The number of likely N-dealkylation sites (N-methyl/N-ethyl adjacent to an activating group) is 1.